The second kappa shape index (κ2) is 12.5. The molecular weight excluding hydrogens is 624 g/mol. The first-order valence-corrected chi connectivity index (χ1v) is 17.9. The lowest BCUT2D eigenvalue weighted by Crippen LogP contribution is -2.70. The lowest BCUT2D eigenvalue weighted by molar-refractivity contribution is -0.619. The highest BCUT2D eigenvalue weighted by Crippen LogP contribution is 2.60. The highest BCUT2D eigenvalue weighted by atomic mass is 17.3. The fraction of sp³-hybridized carbons (Fsp3) is 0.553. The Kier molecular flexibility index (Phi) is 8.29. The number of carbonyl (C=O) groups is 2. The third-order valence-electron chi connectivity index (χ3n) is 11.7. The number of anilines is 1. The van der Waals surface area contributed by atoms with E-state index < -0.39 is 29.9 Å². The van der Waals surface area contributed by atoms with E-state index in [2.05, 4.69) is 76.6 Å². The van der Waals surface area contributed by atoms with Gasteiger partial charge < -0.3 is 24.8 Å². The summed E-state index contributed by atoms with van der Waals surface area (Å²) in [7, 11) is 2.08. The SMILES string of the molecule is C[C@H]1[C@H](OC(=O)CCC(=O)NCCCNc2c3ccccc3[n+](C)c3[nH]c4ccccc4c23)O[C@@H]2O[C@@]3(C)CC[C@H]4[C@H](C)CC[C@@H]1[C@@]24OO3. The summed E-state index contributed by atoms with van der Waals surface area (Å²) in [6.45, 7) is 7.35. The summed E-state index contributed by atoms with van der Waals surface area (Å²) in [5, 5.41) is 10.1. The van der Waals surface area contributed by atoms with Gasteiger partial charge in [-0.05, 0) is 68.7 Å². The molecule has 2 aromatic heterocycles. The zero-order valence-corrected chi connectivity index (χ0v) is 28.8. The molecule has 5 fully saturated rings. The molecule has 4 aromatic rings. The largest absolute Gasteiger partial charge is 0.435 e. The summed E-state index contributed by atoms with van der Waals surface area (Å²) >= 11 is 0. The molecule has 1 amide bonds. The van der Waals surface area contributed by atoms with Crippen molar-refractivity contribution in [3.63, 3.8) is 0 Å². The monoisotopic (exact) mass is 671 g/mol. The number of nitrogens with one attached hydrogen (secondary N) is 3. The maximum absolute atomic E-state index is 13.0. The molecule has 11 nitrogen and oxygen atoms in total. The molecule has 1 spiro atoms. The number of fused-ring (bicyclic) bond motifs is 6. The van der Waals surface area contributed by atoms with Crippen LogP contribution in [0.3, 0.4) is 0 Å². The number of aromatic nitrogens is 2. The summed E-state index contributed by atoms with van der Waals surface area (Å²) in [6.07, 6.45) is 2.92. The Balaban J connectivity index is 0.847. The number of ether oxygens (including phenoxy) is 3. The number of para-hydroxylation sites is 2. The Bertz CT molecular complexity index is 1910. The Morgan fingerprint density at radius 3 is 2.63 bits per heavy atom. The van der Waals surface area contributed by atoms with Gasteiger partial charge in [0.25, 0.3) is 5.65 Å². The highest BCUT2D eigenvalue weighted by molar-refractivity contribution is 6.17. The van der Waals surface area contributed by atoms with Gasteiger partial charge in [-0.3, -0.25) is 9.59 Å². The van der Waals surface area contributed by atoms with Crippen LogP contribution < -0.4 is 15.2 Å². The zero-order chi connectivity index (χ0) is 33.9. The van der Waals surface area contributed by atoms with Crippen LogP contribution in [-0.2, 0) is 40.6 Å². The van der Waals surface area contributed by atoms with Crippen LogP contribution in [0.25, 0.3) is 32.8 Å². The second-order valence-electron chi connectivity index (χ2n) is 14.7. The molecule has 9 rings (SSSR count). The molecule has 49 heavy (non-hydrogen) atoms. The Labute approximate surface area is 285 Å². The maximum Gasteiger partial charge on any atom is 0.308 e. The Morgan fingerprint density at radius 1 is 0.980 bits per heavy atom. The molecule has 6 heterocycles. The van der Waals surface area contributed by atoms with E-state index in [-0.39, 0.29) is 36.5 Å². The molecule has 0 unspecified atom stereocenters. The number of nitrogens with zero attached hydrogens (tertiary/aromatic N) is 1. The maximum atomic E-state index is 13.0. The van der Waals surface area contributed by atoms with Crippen molar-refractivity contribution in [1.29, 1.82) is 0 Å². The van der Waals surface area contributed by atoms with E-state index in [0.29, 0.717) is 19.0 Å². The zero-order valence-electron chi connectivity index (χ0n) is 28.8. The minimum Gasteiger partial charge on any atom is -0.435 e. The van der Waals surface area contributed by atoms with Crippen LogP contribution in [0.2, 0.25) is 0 Å². The van der Waals surface area contributed by atoms with Crippen LogP contribution in [0, 0.1) is 23.7 Å². The lowest BCUT2D eigenvalue weighted by Gasteiger charge is -2.59. The number of amides is 1. The van der Waals surface area contributed by atoms with Crippen molar-refractivity contribution in [2.24, 2.45) is 30.7 Å². The van der Waals surface area contributed by atoms with Gasteiger partial charge in [-0.15, -0.1) is 0 Å². The van der Waals surface area contributed by atoms with Crippen LogP contribution in [-0.4, -0.2) is 53.9 Å². The van der Waals surface area contributed by atoms with E-state index in [1.165, 1.54) is 0 Å². The van der Waals surface area contributed by atoms with E-state index in [4.69, 9.17) is 24.0 Å². The van der Waals surface area contributed by atoms with Gasteiger partial charge >= 0.3 is 5.97 Å². The van der Waals surface area contributed by atoms with Gasteiger partial charge in [0.2, 0.25) is 18.0 Å². The fourth-order valence-electron chi connectivity index (χ4n) is 9.08. The van der Waals surface area contributed by atoms with Crippen molar-refractivity contribution in [3.8, 4) is 0 Å². The number of pyridine rings is 1. The predicted octanol–water partition coefficient (Wildman–Crippen LogP) is 5.75. The van der Waals surface area contributed by atoms with E-state index in [9.17, 15) is 9.59 Å². The smallest absolute Gasteiger partial charge is 0.308 e. The van der Waals surface area contributed by atoms with Crippen molar-refractivity contribution in [2.45, 2.75) is 89.7 Å². The van der Waals surface area contributed by atoms with E-state index in [1.807, 2.05) is 19.9 Å². The van der Waals surface area contributed by atoms with Crippen molar-refractivity contribution in [3.05, 3.63) is 48.5 Å². The average molecular weight is 672 g/mol. The topological polar surface area (TPSA) is 124 Å². The summed E-state index contributed by atoms with van der Waals surface area (Å²) < 4.78 is 20.8. The minimum absolute atomic E-state index is 0.0272. The number of benzene rings is 2. The molecule has 260 valence electrons. The molecule has 4 aliphatic heterocycles. The number of esters is 1. The van der Waals surface area contributed by atoms with Gasteiger partial charge in [0.15, 0.2) is 11.9 Å². The quantitative estimate of drug-likeness (QED) is 0.0890. The van der Waals surface area contributed by atoms with Crippen LogP contribution in [0.4, 0.5) is 5.69 Å². The Morgan fingerprint density at radius 2 is 1.78 bits per heavy atom. The molecule has 1 saturated carbocycles. The van der Waals surface area contributed by atoms with Gasteiger partial charge in [0.1, 0.15) is 11.0 Å². The minimum atomic E-state index is -0.893. The van der Waals surface area contributed by atoms with Crippen molar-refractivity contribution in [1.82, 2.24) is 10.3 Å². The normalized spacial score (nSPS) is 32.2. The van der Waals surface area contributed by atoms with Crippen LogP contribution >= 0.6 is 0 Å². The lowest BCUT2D eigenvalue weighted by atomic mass is 9.58. The molecule has 8 atom stereocenters. The third-order valence-corrected chi connectivity index (χ3v) is 11.7. The fourth-order valence-corrected chi connectivity index (χ4v) is 9.08. The van der Waals surface area contributed by atoms with Gasteiger partial charge in [-0.2, -0.15) is 0 Å². The standard InChI is InChI=1S/C38H46N4O7/c1-22-14-15-27-23(2)35(46-36-38(27)26(22)18-19-37(3,47-36)48-49-38)45-31(44)17-16-30(43)39-20-9-21-40-33-25-11-6-8-13-29(25)42(4)34-32(33)24-10-5-7-12-28(24)41-34/h5-8,10-13,22-23,26-27,35-36H,9,14-21H2,1-4H3,(H2,39,40,41,43)/p+1/t22-,23-,26+,27+,35-,36-,37-,38-/m1/s1. The summed E-state index contributed by atoms with van der Waals surface area (Å²) in [5.74, 6) is -0.891. The molecule has 2 bridgehead atoms. The van der Waals surface area contributed by atoms with Gasteiger partial charge in [0.05, 0.1) is 24.5 Å². The molecular formula is C38H47N4O7+. The van der Waals surface area contributed by atoms with Crippen LogP contribution in [0.15, 0.2) is 48.5 Å². The summed E-state index contributed by atoms with van der Waals surface area (Å²) in [4.78, 5) is 41.3. The van der Waals surface area contributed by atoms with Gasteiger partial charge in [0, 0.05) is 48.5 Å². The van der Waals surface area contributed by atoms with Crippen LogP contribution in [0.5, 0.6) is 0 Å². The molecule has 5 aliphatic rings. The molecule has 2 aromatic carbocycles. The second-order valence-corrected chi connectivity index (χ2v) is 14.7. The van der Waals surface area contributed by atoms with Crippen LogP contribution in [0.1, 0.15) is 65.7 Å². The van der Waals surface area contributed by atoms with E-state index >= 15 is 0 Å². The first-order valence-electron chi connectivity index (χ1n) is 17.9. The van der Waals surface area contributed by atoms with Crippen molar-refractivity contribution in [2.75, 3.05) is 18.4 Å². The van der Waals surface area contributed by atoms with Crippen molar-refractivity contribution >= 4 is 50.4 Å². The Hall–Kier alpha value is -3.77. The van der Waals surface area contributed by atoms with E-state index in [1.54, 1.807) is 0 Å². The number of H-pyrrole nitrogens is 1. The molecule has 1 aliphatic carbocycles. The summed E-state index contributed by atoms with van der Waals surface area (Å²) in [6, 6.07) is 16.7. The number of aryl methyl sites for hydroxylation is 1. The first-order chi connectivity index (χ1) is 23.7. The molecule has 11 heteroatoms. The summed E-state index contributed by atoms with van der Waals surface area (Å²) in [5.41, 5.74) is 3.63. The molecule has 0 radical (unpaired) electrons. The number of hydrogen-bond donors (Lipinski definition) is 3. The van der Waals surface area contributed by atoms with Gasteiger partial charge in [-0.1, -0.05) is 38.1 Å². The number of rotatable bonds is 9. The van der Waals surface area contributed by atoms with E-state index in [0.717, 1.165) is 70.6 Å². The molecule has 4 saturated heterocycles. The third kappa shape index (κ3) is 5.46. The first kappa shape index (κ1) is 32.4. The van der Waals surface area contributed by atoms with Gasteiger partial charge in [-0.25, -0.2) is 19.3 Å². The number of hydrogen-bond acceptors (Lipinski definition) is 8. The highest BCUT2D eigenvalue weighted by Gasteiger charge is 2.69. The number of carbonyl (C=O) groups excluding carboxylic acids is 2. The van der Waals surface area contributed by atoms with Crippen molar-refractivity contribution < 1.29 is 38.1 Å². The average Bonchev–Trinajstić information content (AvgIpc) is 3.34. The number of aromatic amines is 1. The predicted molar refractivity (Wildman–Crippen MR) is 183 cm³/mol. The molecule has 3 N–H and O–H groups in total.